The third kappa shape index (κ3) is 8.58. The number of benzene rings is 3. The number of nitrogens with one attached hydrogen (secondary N) is 1. The number of carbonyl (C=O) groups excluding carboxylic acids is 2. The van der Waals surface area contributed by atoms with E-state index in [9.17, 15) is 18.0 Å². The van der Waals surface area contributed by atoms with Crippen LogP contribution in [0.25, 0.3) is 0 Å². The first-order chi connectivity index (χ1) is 17.9. The molecule has 10 heteroatoms. The van der Waals surface area contributed by atoms with Crippen molar-refractivity contribution in [3.8, 4) is 0 Å². The van der Waals surface area contributed by atoms with Gasteiger partial charge in [-0.25, -0.2) is 8.42 Å². The van der Waals surface area contributed by atoms with Crippen LogP contribution in [0.4, 0.5) is 5.69 Å². The van der Waals surface area contributed by atoms with E-state index in [4.69, 9.17) is 11.6 Å². The number of anilines is 1. The third-order valence-electron chi connectivity index (χ3n) is 5.72. The quantitative estimate of drug-likeness (QED) is 0.326. The molecule has 202 valence electrons. The molecule has 0 saturated heterocycles. The van der Waals surface area contributed by atoms with Gasteiger partial charge >= 0.3 is 0 Å². The number of halogens is 2. The number of amides is 2. The van der Waals surface area contributed by atoms with Crippen LogP contribution >= 0.6 is 27.5 Å². The Hall–Kier alpha value is -2.88. The van der Waals surface area contributed by atoms with Gasteiger partial charge in [-0.1, -0.05) is 76.1 Å². The minimum Gasteiger partial charge on any atom is -0.352 e. The molecule has 0 heterocycles. The minimum atomic E-state index is -3.82. The second-order valence-corrected chi connectivity index (χ2v) is 12.5. The van der Waals surface area contributed by atoms with E-state index in [1.165, 1.54) is 4.90 Å². The van der Waals surface area contributed by atoms with Gasteiger partial charge in [-0.3, -0.25) is 13.9 Å². The van der Waals surface area contributed by atoms with Gasteiger partial charge in [0.2, 0.25) is 21.8 Å². The molecule has 7 nitrogen and oxygen atoms in total. The molecule has 3 rings (SSSR count). The smallest absolute Gasteiger partial charge is 0.244 e. The minimum absolute atomic E-state index is 0.0680. The molecule has 3 aromatic carbocycles. The van der Waals surface area contributed by atoms with Crippen LogP contribution in [-0.4, -0.2) is 50.0 Å². The predicted octanol–water partition coefficient (Wildman–Crippen LogP) is 5.03. The van der Waals surface area contributed by atoms with Crippen molar-refractivity contribution >= 4 is 55.1 Å². The fourth-order valence-electron chi connectivity index (χ4n) is 4.01. The molecule has 0 aliphatic carbocycles. The van der Waals surface area contributed by atoms with Crippen molar-refractivity contribution in [2.45, 2.75) is 38.9 Å². The Bertz CT molecular complexity index is 1370. The van der Waals surface area contributed by atoms with Crippen molar-refractivity contribution in [2.24, 2.45) is 0 Å². The highest BCUT2D eigenvalue weighted by Crippen LogP contribution is 2.24. The average molecular weight is 621 g/mol. The lowest BCUT2D eigenvalue weighted by Gasteiger charge is -2.34. The topological polar surface area (TPSA) is 86.8 Å². The second-order valence-electron chi connectivity index (χ2n) is 9.27. The summed E-state index contributed by atoms with van der Waals surface area (Å²) in [5.41, 5.74) is 1.92. The Kier molecular flexibility index (Phi) is 10.4. The Balaban J connectivity index is 2.06. The van der Waals surface area contributed by atoms with Gasteiger partial charge in [0.15, 0.2) is 0 Å². The Labute approximate surface area is 238 Å². The van der Waals surface area contributed by atoms with Gasteiger partial charge in [0, 0.05) is 28.5 Å². The normalized spacial score (nSPS) is 12.2. The molecule has 3 aromatic rings. The van der Waals surface area contributed by atoms with Crippen molar-refractivity contribution in [3.05, 3.63) is 99.5 Å². The summed E-state index contributed by atoms with van der Waals surface area (Å²) >= 11 is 9.58. The van der Waals surface area contributed by atoms with Crippen LogP contribution in [0, 0.1) is 0 Å². The summed E-state index contributed by atoms with van der Waals surface area (Å²) in [4.78, 5) is 28.9. The van der Waals surface area contributed by atoms with Gasteiger partial charge in [0.1, 0.15) is 12.6 Å². The van der Waals surface area contributed by atoms with Crippen molar-refractivity contribution < 1.29 is 18.0 Å². The molecule has 2 amide bonds. The molecule has 1 atom stereocenters. The van der Waals surface area contributed by atoms with Crippen LogP contribution in [-0.2, 0) is 32.6 Å². The van der Waals surface area contributed by atoms with Gasteiger partial charge in [-0.15, -0.1) is 0 Å². The molecule has 0 aliphatic rings. The molecule has 0 bridgehead atoms. The van der Waals surface area contributed by atoms with Gasteiger partial charge in [-0.05, 0) is 55.3 Å². The molecule has 0 aromatic heterocycles. The number of rotatable bonds is 11. The van der Waals surface area contributed by atoms with E-state index in [1.54, 1.807) is 42.5 Å². The number of nitrogens with zero attached hydrogens (tertiary/aromatic N) is 2. The second kappa shape index (κ2) is 13.3. The van der Waals surface area contributed by atoms with E-state index in [-0.39, 0.29) is 24.9 Å². The first kappa shape index (κ1) is 29.7. The summed E-state index contributed by atoms with van der Waals surface area (Å²) in [6.45, 7) is 3.28. The highest BCUT2D eigenvalue weighted by Gasteiger charge is 2.33. The highest BCUT2D eigenvalue weighted by molar-refractivity contribution is 9.10. The number of hydrogen-bond donors (Lipinski definition) is 1. The number of hydrogen-bond acceptors (Lipinski definition) is 4. The van der Waals surface area contributed by atoms with Crippen molar-refractivity contribution in [1.29, 1.82) is 0 Å². The van der Waals surface area contributed by atoms with E-state index in [2.05, 4.69) is 21.2 Å². The maximum Gasteiger partial charge on any atom is 0.244 e. The molecule has 0 unspecified atom stereocenters. The zero-order chi connectivity index (χ0) is 27.9. The largest absolute Gasteiger partial charge is 0.352 e. The first-order valence-electron chi connectivity index (χ1n) is 12.1. The summed E-state index contributed by atoms with van der Waals surface area (Å²) in [6.07, 6.45) is 1.30. The van der Waals surface area contributed by atoms with Crippen molar-refractivity contribution in [2.75, 3.05) is 17.1 Å². The van der Waals surface area contributed by atoms with Crippen LogP contribution in [0.2, 0.25) is 5.02 Å². The zero-order valence-electron chi connectivity index (χ0n) is 21.5. The van der Waals surface area contributed by atoms with Crippen molar-refractivity contribution in [3.63, 3.8) is 0 Å². The number of sulfonamides is 1. The van der Waals surface area contributed by atoms with Gasteiger partial charge in [-0.2, -0.15) is 0 Å². The maximum absolute atomic E-state index is 14.0. The van der Waals surface area contributed by atoms with E-state index < -0.39 is 28.5 Å². The lowest BCUT2D eigenvalue weighted by Crippen LogP contribution is -2.54. The van der Waals surface area contributed by atoms with E-state index in [0.717, 1.165) is 21.7 Å². The van der Waals surface area contributed by atoms with Gasteiger partial charge in [0.25, 0.3) is 0 Å². The summed E-state index contributed by atoms with van der Waals surface area (Å²) in [6, 6.07) is 22.1. The molecule has 0 spiro atoms. The van der Waals surface area contributed by atoms with Gasteiger partial charge in [0.05, 0.1) is 11.9 Å². The Morgan fingerprint density at radius 3 is 2.21 bits per heavy atom. The summed E-state index contributed by atoms with van der Waals surface area (Å²) < 4.78 is 27.3. The summed E-state index contributed by atoms with van der Waals surface area (Å²) in [7, 11) is -3.82. The fourth-order valence-corrected chi connectivity index (χ4v) is 5.45. The zero-order valence-corrected chi connectivity index (χ0v) is 24.6. The summed E-state index contributed by atoms with van der Waals surface area (Å²) in [5.74, 6) is -0.845. The molecule has 0 radical (unpaired) electrons. The van der Waals surface area contributed by atoms with Crippen molar-refractivity contribution in [1.82, 2.24) is 10.2 Å². The van der Waals surface area contributed by atoms with Crippen LogP contribution in [0.1, 0.15) is 25.0 Å². The van der Waals surface area contributed by atoms with E-state index in [0.29, 0.717) is 15.2 Å². The van der Waals surface area contributed by atoms with Crippen LogP contribution in [0.3, 0.4) is 0 Å². The molecule has 38 heavy (non-hydrogen) atoms. The van der Waals surface area contributed by atoms with Crippen LogP contribution in [0.15, 0.2) is 83.3 Å². The molecule has 0 fully saturated rings. The Morgan fingerprint density at radius 1 is 0.947 bits per heavy atom. The fraction of sp³-hybridized carbons (Fsp3) is 0.286. The number of carbonyl (C=O) groups is 2. The first-order valence-corrected chi connectivity index (χ1v) is 15.1. The lowest BCUT2D eigenvalue weighted by atomic mass is 10.0. The Morgan fingerprint density at radius 2 is 1.61 bits per heavy atom. The third-order valence-corrected chi connectivity index (χ3v) is 7.59. The standard InChI is InChI=1S/C28H31BrClN3O4S/c1-20(2)31-28(35)26(16-21-9-5-4-6-10-21)32(18-22-11-7-13-24(30)15-22)27(34)19-33(38(3,36)37)25-14-8-12-23(29)17-25/h4-15,17,20,26H,16,18-19H2,1-3H3,(H,31,35)/t26-/m0/s1. The van der Waals surface area contributed by atoms with Crippen LogP contribution < -0.4 is 9.62 Å². The average Bonchev–Trinajstić information content (AvgIpc) is 2.84. The monoisotopic (exact) mass is 619 g/mol. The molecule has 0 aliphatic heterocycles. The highest BCUT2D eigenvalue weighted by atomic mass is 79.9. The van der Waals surface area contributed by atoms with Crippen LogP contribution in [0.5, 0.6) is 0 Å². The van der Waals surface area contributed by atoms with Gasteiger partial charge < -0.3 is 10.2 Å². The van der Waals surface area contributed by atoms with E-state index >= 15 is 0 Å². The molecular formula is C28H31BrClN3O4S. The predicted molar refractivity (Wildman–Crippen MR) is 156 cm³/mol. The summed E-state index contributed by atoms with van der Waals surface area (Å²) in [5, 5.41) is 3.41. The molecular weight excluding hydrogens is 590 g/mol. The molecule has 0 saturated carbocycles. The lowest BCUT2D eigenvalue weighted by molar-refractivity contribution is -0.140. The SMILES string of the molecule is CC(C)NC(=O)[C@H](Cc1ccccc1)N(Cc1cccc(Cl)c1)C(=O)CN(c1cccc(Br)c1)S(C)(=O)=O. The molecule has 1 N–H and O–H groups in total. The van der Waals surface area contributed by atoms with E-state index in [1.807, 2.05) is 50.2 Å². The maximum atomic E-state index is 14.0.